The summed E-state index contributed by atoms with van der Waals surface area (Å²) < 4.78 is 31.8. The third-order valence-corrected chi connectivity index (χ3v) is 4.37. The van der Waals surface area contributed by atoms with Gasteiger partial charge in [0.05, 0.1) is 5.92 Å². The SMILES string of the molecule is Fc1ccc(CN2CC[C@@H](c3nc(-c4cccnc4)no3)C2)cc1F. The molecule has 1 aliphatic heterocycles. The molecule has 1 aromatic carbocycles. The maximum Gasteiger partial charge on any atom is 0.231 e. The largest absolute Gasteiger partial charge is 0.339 e. The highest BCUT2D eigenvalue weighted by molar-refractivity contribution is 5.51. The molecule has 0 saturated carbocycles. The third-order valence-electron chi connectivity index (χ3n) is 4.37. The first kappa shape index (κ1) is 15.8. The Morgan fingerprint density at radius 3 is 2.92 bits per heavy atom. The van der Waals surface area contributed by atoms with E-state index < -0.39 is 11.6 Å². The van der Waals surface area contributed by atoms with Gasteiger partial charge in [-0.2, -0.15) is 4.98 Å². The molecule has 1 saturated heterocycles. The molecule has 25 heavy (non-hydrogen) atoms. The van der Waals surface area contributed by atoms with Gasteiger partial charge in [0.2, 0.25) is 11.7 Å². The van der Waals surface area contributed by atoms with Crippen LogP contribution in [0.3, 0.4) is 0 Å². The van der Waals surface area contributed by atoms with E-state index >= 15 is 0 Å². The third kappa shape index (κ3) is 3.41. The molecule has 4 rings (SSSR count). The standard InChI is InChI=1S/C18H16F2N4O/c19-15-4-3-12(8-16(15)20)10-24-7-5-14(11-24)18-22-17(23-25-18)13-2-1-6-21-9-13/h1-4,6,8-9,14H,5,7,10-11H2/t14-/m1/s1. The van der Waals surface area contributed by atoms with E-state index in [-0.39, 0.29) is 5.92 Å². The van der Waals surface area contributed by atoms with Crippen LogP contribution in [-0.2, 0) is 6.54 Å². The van der Waals surface area contributed by atoms with Crippen LogP contribution in [0.2, 0.25) is 0 Å². The number of aromatic nitrogens is 3. The zero-order chi connectivity index (χ0) is 17.2. The van der Waals surface area contributed by atoms with E-state index in [4.69, 9.17) is 4.52 Å². The first-order valence-electron chi connectivity index (χ1n) is 8.09. The van der Waals surface area contributed by atoms with E-state index in [0.717, 1.165) is 36.7 Å². The van der Waals surface area contributed by atoms with E-state index in [1.165, 1.54) is 6.07 Å². The molecule has 7 heteroatoms. The lowest BCUT2D eigenvalue weighted by Gasteiger charge is -2.15. The van der Waals surface area contributed by atoms with Crippen molar-refractivity contribution in [2.45, 2.75) is 18.9 Å². The Kier molecular flexibility index (Phi) is 4.23. The second kappa shape index (κ2) is 6.68. The minimum absolute atomic E-state index is 0.142. The van der Waals surface area contributed by atoms with Crippen molar-refractivity contribution < 1.29 is 13.3 Å². The normalized spacial score (nSPS) is 17.9. The van der Waals surface area contributed by atoms with Crippen LogP contribution in [0.1, 0.15) is 23.8 Å². The van der Waals surface area contributed by atoms with E-state index in [9.17, 15) is 8.78 Å². The van der Waals surface area contributed by atoms with Gasteiger partial charge in [0.15, 0.2) is 11.6 Å². The number of halogens is 2. The Morgan fingerprint density at radius 1 is 1.20 bits per heavy atom. The number of nitrogens with zero attached hydrogens (tertiary/aromatic N) is 4. The van der Waals surface area contributed by atoms with Crippen LogP contribution in [0.4, 0.5) is 8.78 Å². The summed E-state index contributed by atoms with van der Waals surface area (Å²) in [5.74, 6) is -0.361. The molecule has 0 amide bonds. The molecule has 0 spiro atoms. The summed E-state index contributed by atoms with van der Waals surface area (Å²) >= 11 is 0. The van der Waals surface area contributed by atoms with Crippen molar-refractivity contribution in [2.75, 3.05) is 13.1 Å². The summed E-state index contributed by atoms with van der Waals surface area (Å²) in [6.07, 6.45) is 4.27. The molecule has 128 valence electrons. The van der Waals surface area contributed by atoms with Gasteiger partial charge in [-0.15, -0.1) is 0 Å². The van der Waals surface area contributed by atoms with Gasteiger partial charge in [-0.1, -0.05) is 11.2 Å². The van der Waals surface area contributed by atoms with Crippen LogP contribution in [-0.4, -0.2) is 33.1 Å². The summed E-state index contributed by atoms with van der Waals surface area (Å²) in [6.45, 7) is 2.15. The fraction of sp³-hybridized carbons (Fsp3) is 0.278. The molecular formula is C18H16F2N4O. The number of hydrogen-bond acceptors (Lipinski definition) is 5. The molecule has 0 bridgehead atoms. The van der Waals surface area contributed by atoms with E-state index in [2.05, 4.69) is 20.0 Å². The minimum Gasteiger partial charge on any atom is -0.339 e. The maximum absolute atomic E-state index is 13.3. The quantitative estimate of drug-likeness (QED) is 0.727. The monoisotopic (exact) mass is 342 g/mol. The molecule has 5 nitrogen and oxygen atoms in total. The average molecular weight is 342 g/mol. The smallest absolute Gasteiger partial charge is 0.231 e. The molecule has 2 aromatic heterocycles. The van der Waals surface area contributed by atoms with Crippen molar-refractivity contribution >= 4 is 0 Å². The fourth-order valence-corrected chi connectivity index (χ4v) is 3.09. The van der Waals surface area contributed by atoms with Crippen molar-refractivity contribution in [1.29, 1.82) is 0 Å². The summed E-state index contributed by atoms with van der Waals surface area (Å²) in [4.78, 5) is 10.7. The van der Waals surface area contributed by atoms with Crippen LogP contribution in [0, 0.1) is 11.6 Å². The molecule has 0 N–H and O–H groups in total. The van der Waals surface area contributed by atoms with Crippen molar-refractivity contribution in [1.82, 2.24) is 20.0 Å². The number of hydrogen-bond donors (Lipinski definition) is 0. The summed E-state index contributed by atoms with van der Waals surface area (Å²) in [6, 6.07) is 7.72. The predicted molar refractivity (Wildman–Crippen MR) is 86.5 cm³/mol. The number of rotatable bonds is 4. The molecule has 0 aliphatic carbocycles. The van der Waals surface area contributed by atoms with Crippen molar-refractivity contribution in [3.05, 3.63) is 65.8 Å². The van der Waals surface area contributed by atoms with Gasteiger partial charge >= 0.3 is 0 Å². The molecule has 1 atom stereocenters. The molecule has 1 aliphatic rings. The number of likely N-dealkylation sites (tertiary alicyclic amines) is 1. The lowest BCUT2D eigenvalue weighted by molar-refractivity contribution is 0.308. The lowest BCUT2D eigenvalue weighted by atomic mass is 10.1. The van der Waals surface area contributed by atoms with Crippen molar-refractivity contribution in [2.24, 2.45) is 0 Å². The Morgan fingerprint density at radius 2 is 2.12 bits per heavy atom. The van der Waals surface area contributed by atoms with E-state index in [1.807, 2.05) is 12.1 Å². The Balaban J connectivity index is 1.42. The van der Waals surface area contributed by atoms with Crippen molar-refractivity contribution in [3.63, 3.8) is 0 Å². The predicted octanol–water partition coefficient (Wildman–Crippen LogP) is 3.40. The van der Waals surface area contributed by atoms with Gasteiger partial charge in [0.25, 0.3) is 0 Å². The van der Waals surface area contributed by atoms with Crippen LogP contribution < -0.4 is 0 Å². The van der Waals surface area contributed by atoms with Gasteiger partial charge in [-0.3, -0.25) is 9.88 Å². The van der Waals surface area contributed by atoms with Gasteiger partial charge in [-0.05, 0) is 42.8 Å². The first-order chi connectivity index (χ1) is 12.2. The minimum atomic E-state index is -0.822. The van der Waals surface area contributed by atoms with Crippen LogP contribution in [0.5, 0.6) is 0 Å². The van der Waals surface area contributed by atoms with E-state index in [1.54, 1.807) is 18.5 Å². The molecule has 3 heterocycles. The summed E-state index contributed by atoms with van der Waals surface area (Å²) in [5.41, 5.74) is 1.57. The van der Waals surface area contributed by atoms with Crippen molar-refractivity contribution in [3.8, 4) is 11.4 Å². The zero-order valence-corrected chi connectivity index (χ0v) is 13.4. The molecule has 1 fully saturated rings. The molecule has 3 aromatic rings. The molecule has 0 unspecified atom stereocenters. The second-order valence-electron chi connectivity index (χ2n) is 6.17. The Bertz CT molecular complexity index is 869. The highest BCUT2D eigenvalue weighted by atomic mass is 19.2. The van der Waals surface area contributed by atoms with Gasteiger partial charge in [0, 0.05) is 31.0 Å². The topological polar surface area (TPSA) is 55.1 Å². The summed E-state index contributed by atoms with van der Waals surface area (Å²) in [5, 5.41) is 4.03. The van der Waals surface area contributed by atoms with Crippen LogP contribution in [0.15, 0.2) is 47.2 Å². The molecule has 0 radical (unpaired) electrons. The fourth-order valence-electron chi connectivity index (χ4n) is 3.09. The Hall–Kier alpha value is -2.67. The second-order valence-corrected chi connectivity index (χ2v) is 6.17. The lowest BCUT2D eigenvalue weighted by Crippen LogP contribution is -2.20. The Labute approximate surface area is 143 Å². The van der Waals surface area contributed by atoms with Crippen LogP contribution in [0.25, 0.3) is 11.4 Å². The van der Waals surface area contributed by atoms with Gasteiger partial charge < -0.3 is 4.52 Å². The molecular weight excluding hydrogens is 326 g/mol. The highest BCUT2D eigenvalue weighted by Crippen LogP contribution is 2.28. The maximum atomic E-state index is 13.3. The highest BCUT2D eigenvalue weighted by Gasteiger charge is 2.28. The number of benzene rings is 1. The average Bonchev–Trinajstić information content (AvgIpc) is 3.28. The number of pyridine rings is 1. The van der Waals surface area contributed by atoms with E-state index in [0.29, 0.717) is 18.3 Å². The van der Waals surface area contributed by atoms with Gasteiger partial charge in [-0.25, -0.2) is 8.78 Å². The summed E-state index contributed by atoms with van der Waals surface area (Å²) in [7, 11) is 0. The van der Waals surface area contributed by atoms with Gasteiger partial charge in [0.1, 0.15) is 0 Å². The first-order valence-corrected chi connectivity index (χ1v) is 8.09. The zero-order valence-electron chi connectivity index (χ0n) is 13.4. The van der Waals surface area contributed by atoms with Crippen LogP contribution >= 0.6 is 0 Å².